The molecule has 0 saturated carbocycles. The van der Waals surface area contributed by atoms with Gasteiger partial charge in [-0.25, -0.2) is 13.1 Å². The summed E-state index contributed by atoms with van der Waals surface area (Å²) in [7, 11) is -3.86. The number of benzene rings is 1. The summed E-state index contributed by atoms with van der Waals surface area (Å²) in [6.45, 7) is 1.60. The molecule has 1 unspecified atom stereocenters. The highest BCUT2D eigenvalue weighted by Crippen LogP contribution is 2.14. The van der Waals surface area contributed by atoms with E-state index in [0.29, 0.717) is 11.1 Å². The summed E-state index contributed by atoms with van der Waals surface area (Å²) in [5, 5.41) is 17.1. The Kier molecular flexibility index (Phi) is 4.42. The molecule has 0 radical (unpaired) electrons. The zero-order valence-electron chi connectivity index (χ0n) is 9.62. The van der Waals surface area contributed by atoms with Crippen LogP contribution in [0.1, 0.15) is 24.1 Å². The van der Waals surface area contributed by atoms with Crippen molar-refractivity contribution >= 4 is 16.0 Å². The minimum Gasteiger partial charge on any atom is -0.480 e. The molecule has 18 heavy (non-hydrogen) atoms. The Bertz CT molecular complexity index is 572. The van der Waals surface area contributed by atoms with Gasteiger partial charge in [-0.15, -0.1) is 0 Å². The van der Waals surface area contributed by atoms with Crippen LogP contribution < -0.4 is 4.72 Å². The third kappa shape index (κ3) is 4.16. The number of nitriles is 1. The van der Waals surface area contributed by atoms with Crippen molar-refractivity contribution in [3.8, 4) is 6.07 Å². The molecule has 0 spiro atoms. The molecule has 6 nitrogen and oxygen atoms in total. The van der Waals surface area contributed by atoms with Crippen LogP contribution in [0.4, 0.5) is 0 Å². The number of aliphatic carboxylic acids is 1. The lowest BCUT2D eigenvalue weighted by Crippen LogP contribution is -2.32. The summed E-state index contributed by atoms with van der Waals surface area (Å²) >= 11 is 0. The van der Waals surface area contributed by atoms with Crippen LogP contribution in [0.3, 0.4) is 0 Å². The zero-order chi connectivity index (χ0) is 13.8. The topological polar surface area (TPSA) is 107 Å². The minimum absolute atomic E-state index is 0.472. The molecule has 1 aromatic rings. The van der Waals surface area contributed by atoms with Gasteiger partial charge in [0.2, 0.25) is 10.0 Å². The second-order valence-corrected chi connectivity index (χ2v) is 5.48. The summed E-state index contributed by atoms with van der Waals surface area (Å²) in [6.07, 6.45) is 0. The van der Waals surface area contributed by atoms with Gasteiger partial charge in [-0.1, -0.05) is 12.1 Å². The van der Waals surface area contributed by atoms with Gasteiger partial charge < -0.3 is 5.11 Å². The van der Waals surface area contributed by atoms with Crippen molar-refractivity contribution in [3.63, 3.8) is 0 Å². The number of nitrogens with zero attached hydrogens (tertiary/aromatic N) is 1. The van der Waals surface area contributed by atoms with Gasteiger partial charge in [-0.2, -0.15) is 5.26 Å². The Labute approximate surface area is 105 Å². The predicted molar refractivity (Wildman–Crippen MR) is 64.1 cm³/mol. The monoisotopic (exact) mass is 268 g/mol. The Hall–Kier alpha value is -1.91. The molecular weight excluding hydrogens is 256 g/mol. The zero-order valence-corrected chi connectivity index (χ0v) is 10.4. The fourth-order valence-electron chi connectivity index (χ4n) is 1.39. The van der Waals surface area contributed by atoms with E-state index in [0.717, 1.165) is 0 Å². The molecular formula is C11H12N2O4S. The van der Waals surface area contributed by atoms with Crippen LogP contribution in [0.25, 0.3) is 0 Å². The average molecular weight is 268 g/mol. The molecule has 0 bridgehead atoms. The van der Waals surface area contributed by atoms with Crippen molar-refractivity contribution in [1.82, 2.24) is 4.72 Å². The minimum atomic E-state index is -3.86. The summed E-state index contributed by atoms with van der Waals surface area (Å²) in [5.74, 6) is -2.37. The highest BCUT2D eigenvalue weighted by molar-refractivity contribution is 7.90. The molecule has 0 amide bonds. The quantitative estimate of drug-likeness (QED) is 0.814. The van der Waals surface area contributed by atoms with E-state index >= 15 is 0 Å². The predicted octanol–water partition coefficient (Wildman–Crippen LogP) is 0.623. The highest BCUT2D eigenvalue weighted by Gasteiger charge is 2.19. The Morgan fingerprint density at radius 3 is 2.44 bits per heavy atom. The third-order valence-electron chi connectivity index (χ3n) is 2.21. The molecule has 0 aromatic heterocycles. The van der Waals surface area contributed by atoms with Gasteiger partial charge in [0.1, 0.15) is 0 Å². The van der Waals surface area contributed by atoms with Crippen molar-refractivity contribution in [2.75, 3.05) is 5.75 Å². The molecule has 7 heteroatoms. The summed E-state index contributed by atoms with van der Waals surface area (Å²) in [5.41, 5.74) is 1.13. The van der Waals surface area contributed by atoms with Gasteiger partial charge in [0, 0.05) is 6.04 Å². The van der Waals surface area contributed by atoms with Crippen LogP contribution in [0.2, 0.25) is 0 Å². The smallest absolute Gasteiger partial charge is 0.320 e. The SMILES string of the molecule is CC(NS(=O)(=O)CC(=O)O)c1ccc(C#N)cc1. The number of carboxylic acid groups (broad SMARTS) is 1. The van der Waals surface area contributed by atoms with Crippen molar-refractivity contribution in [1.29, 1.82) is 5.26 Å². The number of carbonyl (C=O) groups is 1. The summed E-state index contributed by atoms with van der Waals surface area (Å²) in [6, 6.07) is 7.77. The van der Waals surface area contributed by atoms with Gasteiger partial charge in [-0.3, -0.25) is 4.79 Å². The fraction of sp³-hybridized carbons (Fsp3) is 0.273. The fourth-order valence-corrected chi connectivity index (χ4v) is 2.47. The number of nitrogens with one attached hydrogen (secondary N) is 1. The Morgan fingerprint density at radius 2 is 2.00 bits per heavy atom. The van der Waals surface area contributed by atoms with E-state index in [1.807, 2.05) is 6.07 Å². The molecule has 0 aliphatic carbocycles. The molecule has 1 aromatic carbocycles. The number of hydrogen-bond donors (Lipinski definition) is 2. The van der Waals surface area contributed by atoms with Gasteiger partial charge in [0.05, 0.1) is 11.6 Å². The molecule has 0 aliphatic heterocycles. The van der Waals surface area contributed by atoms with Crippen LogP contribution in [-0.4, -0.2) is 25.2 Å². The van der Waals surface area contributed by atoms with E-state index < -0.39 is 27.8 Å². The van der Waals surface area contributed by atoms with Crippen LogP contribution in [-0.2, 0) is 14.8 Å². The van der Waals surface area contributed by atoms with E-state index in [1.165, 1.54) is 0 Å². The van der Waals surface area contributed by atoms with Gasteiger partial charge in [0.15, 0.2) is 5.75 Å². The summed E-state index contributed by atoms with van der Waals surface area (Å²) in [4.78, 5) is 10.4. The Balaban J connectivity index is 2.79. The molecule has 1 rings (SSSR count). The molecule has 1 atom stereocenters. The lowest BCUT2D eigenvalue weighted by molar-refractivity contribution is -0.134. The molecule has 0 saturated heterocycles. The van der Waals surface area contributed by atoms with Gasteiger partial charge in [-0.05, 0) is 24.6 Å². The largest absolute Gasteiger partial charge is 0.480 e. The summed E-state index contributed by atoms with van der Waals surface area (Å²) < 4.78 is 25.1. The number of hydrogen-bond acceptors (Lipinski definition) is 4. The van der Waals surface area contributed by atoms with E-state index in [4.69, 9.17) is 10.4 Å². The maximum absolute atomic E-state index is 11.4. The molecule has 0 aliphatic rings. The van der Waals surface area contributed by atoms with Crippen molar-refractivity contribution in [2.24, 2.45) is 0 Å². The molecule has 0 heterocycles. The first-order valence-corrected chi connectivity index (χ1v) is 6.71. The first-order chi connectivity index (χ1) is 8.34. The lowest BCUT2D eigenvalue weighted by Gasteiger charge is -2.13. The second-order valence-electron chi connectivity index (χ2n) is 3.73. The van der Waals surface area contributed by atoms with Crippen LogP contribution in [0.5, 0.6) is 0 Å². The first kappa shape index (κ1) is 14.2. The third-order valence-corrected chi connectivity index (χ3v) is 3.55. The van der Waals surface area contributed by atoms with E-state index in [1.54, 1.807) is 31.2 Å². The normalized spacial score (nSPS) is 12.7. The molecule has 0 fully saturated rings. The maximum atomic E-state index is 11.4. The van der Waals surface area contributed by atoms with Crippen molar-refractivity contribution in [3.05, 3.63) is 35.4 Å². The van der Waals surface area contributed by atoms with E-state index in [2.05, 4.69) is 4.72 Å². The van der Waals surface area contributed by atoms with Gasteiger partial charge in [0.25, 0.3) is 0 Å². The number of rotatable bonds is 5. The van der Waals surface area contributed by atoms with Crippen molar-refractivity contribution < 1.29 is 18.3 Å². The van der Waals surface area contributed by atoms with E-state index in [9.17, 15) is 13.2 Å². The lowest BCUT2D eigenvalue weighted by atomic mass is 10.1. The van der Waals surface area contributed by atoms with Gasteiger partial charge >= 0.3 is 5.97 Å². The maximum Gasteiger partial charge on any atom is 0.320 e. The van der Waals surface area contributed by atoms with Crippen LogP contribution in [0.15, 0.2) is 24.3 Å². The first-order valence-electron chi connectivity index (χ1n) is 5.06. The van der Waals surface area contributed by atoms with E-state index in [-0.39, 0.29) is 0 Å². The average Bonchev–Trinajstić information content (AvgIpc) is 2.26. The number of carboxylic acids is 1. The standard InChI is InChI=1S/C11H12N2O4S/c1-8(13-18(16,17)7-11(14)15)10-4-2-9(6-12)3-5-10/h2-5,8,13H,7H2,1H3,(H,14,15). The number of sulfonamides is 1. The van der Waals surface area contributed by atoms with Crippen molar-refractivity contribution in [2.45, 2.75) is 13.0 Å². The highest BCUT2D eigenvalue weighted by atomic mass is 32.2. The molecule has 2 N–H and O–H groups in total. The van der Waals surface area contributed by atoms with Crippen LogP contribution >= 0.6 is 0 Å². The van der Waals surface area contributed by atoms with Crippen LogP contribution in [0, 0.1) is 11.3 Å². The molecule has 96 valence electrons. The Morgan fingerprint density at radius 1 is 1.44 bits per heavy atom. The second kappa shape index (κ2) is 5.62.